The fraction of sp³-hybridized carbons (Fsp3) is 0.846. The van der Waals surface area contributed by atoms with E-state index in [9.17, 15) is 9.59 Å². The van der Waals surface area contributed by atoms with Crippen LogP contribution in [0.25, 0.3) is 0 Å². The van der Waals surface area contributed by atoms with E-state index in [4.69, 9.17) is 5.11 Å². The van der Waals surface area contributed by atoms with E-state index in [1.165, 1.54) is 0 Å². The molecule has 0 aromatic heterocycles. The molecule has 1 aliphatic rings. The topological polar surface area (TPSA) is 72.9 Å². The second-order valence-corrected chi connectivity index (χ2v) is 4.94. The van der Waals surface area contributed by atoms with Gasteiger partial charge in [0.2, 0.25) is 0 Å². The van der Waals surface area contributed by atoms with Gasteiger partial charge >= 0.3 is 12.0 Å². The zero-order valence-electron chi connectivity index (χ0n) is 11.9. The highest BCUT2D eigenvalue weighted by atomic mass is 16.4. The maximum absolute atomic E-state index is 12.0. The van der Waals surface area contributed by atoms with Crippen LogP contribution in [0.3, 0.4) is 0 Å². The van der Waals surface area contributed by atoms with Crippen molar-refractivity contribution in [3.8, 4) is 0 Å². The van der Waals surface area contributed by atoms with Crippen LogP contribution in [0.2, 0.25) is 0 Å². The minimum atomic E-state index is -0.770. The number of aliphatic carboxylic acids is 1. The van der Waals surface area contributed by atoms with Crippen molar-refractivity contribution in [3.63, 3.8) is 0 Å². The lowest BCUT2D eigenvalue weighted by molar-refractivity contribution is -0.137. The predicted molar refractivity (Wildman–Crippen MR) is 73.2 cm³/mol. The van der Waals surface area contributed by atoms with Gasteiger partial charge in [0.25, 0.3) is 0 Å². The van der Waals surface area contributed by atoms with Crippen molar-refractivity contribution in [1.29, 1.82) is 0 Å². The zero-order chi connectivity index (χ0) is 14.3. The molecule has 1 rings (SSSR count). The zero-order valence-corrected chi connectivity index (χ0v) is 11.9. The summed E-state index contributed by atoms with van der Waals surface area (Å²) in [6.07, 6.45) is 2.06. The Morgan fingerprint density at radius 2 is 1.74 bits per heavy atom. The minimum absolute atomic E-state index is 0.00610. The Morgan fingerprint density at radius 3 is 2.21 bits per heavy atom. The normalized spacial score (nSPS) is 16.7. The highest BCUT2D eigenvalue weighted by Crippen LogP contribution is 2.04. The Bertz CT molecular complexity index is 298. The van der Waals surface area contributed by atoms with Crippen molar-refractivity contribution in [1.82, 2.24) is 15.1 Å². The third-order valence-electron chi connectivity index (χ3n) is 3.61. The van der Waals surface area contributed by atoms with Crippen molar-refractivity contribution < 1.29 is 14.7 Å². The standard InChI is InChI=1S/C13H25N3O3/c1-3-11(4-2)14-13(19)16-9-7-15(8-10-16)6-5-12(17)18/h11H,3-10H2,1-2H3,(H,14,19)(H,17,18). The van der Waals surface area contributed by atoms with E-state index < -0.39 is 5.97 Å². The van der Waals surface area contributed by atoms with Gasteiger partial charge in [-0.25, -0.2) is 4.79 Å². The Morgan fingerprint density at radius 1 is 1.16 bits per heavy atom. The van der Waals surface area contributed by atoms with Gasteiger partial charge in [0, 0.05) is 38.8 Å². The van der Waals surface area contributed by atoms with Crippen LogP contribution in [0.5, 0.6) is 0 Å². The van der Waals surface area contributed by atoms with Gasteiger partial charge in [-0.05, 0) is 12.8 Å². The molecule has 6 nitrogen and oxygen atoms in total. The number of carboxylic acid groups (broad SMARTS) is 1. The number of urea groups is 1. The lowest BCUT2D eigenvalue weighted by Gasteiger charge is -2.35. The first kappa shape index (κ1) is 15.8. The molecule has 0 aromatic carbocycles. The molecule has 0 unspecified atom stereocenters. The van der Waals surface area contributed by atoms with Crippen LogP contribution >= 0.6 is 0 Å². The Balaban J connectivity index is 2.28. The molecule has 6 heteroatoms. The van der Waals surface area contributed by atoms with E-state index in [-0.39, 0.29) is 18.5 Å². The molecule has 0 atom stereocenters. The number of carbonyl (C=O) groups excluding carboxylic acids is 1. The van der Waals surface area contributed by atoms with E-state index in [2.05, 4.69) is 24.1 Å². The monoisotopic (exact) mass is 271 g/mol. The number of hydrogen-bond donors (Lipinski definition) is 2. The van der Waals surface area contributed by atoms with Crippen LogP contribution in [0.15, 0.2) is 0 Å². The SMILES string of the molecule is CCC(CC)NC(=O)N1CCN(CCC(=O)O)CC1. The summed E-state index contributed by atoms with van der Waals surface area (Å²) in [7, 11) is 0. The van der Waals surface area contributed by atoms with E-state index in [1.807, 2.05) is 4.90 Å². The molecule has 1 heterocycles. The van der Waals surface area contributed by atoms with Crippen LogP contribution in [-0.2, 0) is 4.79 Å². The second kappa shape index (κ2) is 7.99. The maximum atomic E-state index is 12.0. The molecule has 0 aliphatic carbocycles. The molecule has 1 aliphatic heterocycles. The molecule has 0 saturated carbocycles. The van der Waals surface area contributed by atoms with Gasteiger partial charge in [-0.1, -0.05) is 13.8 Å². The first-order valence-electron chi connectivity index (χ1n) is 7.06. The summed E-state index contributed by atoms with van der Waals surface area (Å²) in [5.74, 6) is -0.770. The summed E-state index contributed by atoms with van der Waals surface area (Å²) in [5, 5.41) is 11.7. The molecular formula is C13H25N3O3. The van der Waals surface area contributed by atoms with Crippen molar-refractivity contribution >= 4 is 12.0 Å². The average molecular weight is 271 g/mol. The first-order valence-corrected chi connectivity index (χ1v) is 7.06. The number of hydrogen-bond acceptors (Lipinski definition) is 3. The molecule has 0 spiro atoms. The Hall–Kier alpha value is -1.30. The number of carboxylic acids is 1. The van der Waals surface area contributed by atoms with E-state index in [0.717, 1.165) is 25.9 Å². The molecule has 1 fully saturated rings. The van der Waals surface area contributed by atoms with Crippen LogP contribution in [-0.4, -0.2) is 65.7 Å². The highest BCUT2D eigenvalue weighted by Gasteiger charge is 2.22. The summed E-state index contributed by atoms with van der Waals surface area (Å²) in [5.41, 5.74) is 0. The minimum Gasteiger partial charge on any atom is -0.481 e. The van der Waals surface area contributed by atoms with Gasteiger partial charge in [0.05, 0.1) is 6.42 Å². The van der Waals surface area contributed by atoms with Crippen LogP contribution in [0.1, 0.15) is 33.1 Å². The third kappa shape index (κ3) is 5.46. The van der Waals surface area contributed by atoms with Gasteiger partial charge < -0.3 is 15.3 Å². The molecule has 0 aromatic rings. The van der Waals surface area contributed by atoms with E-state index >= 15 is 0 Å². The summed E-state index contributed by atoms with van der Waals surface area (Å²) < 4.78 is 0. The van der Waals surface area contributed by atoms with Crippen molar-refractivity contribution in [2.24, 2.45) is 0 Å². The Kier molecular flexibility index (Phi) is 6.62. The summed E-state index contributed by atoms with van der Waals surface area (Å²) in [6.45, 7) is 7.55. The van der Waals surface area contributed by atoms with Crippen LogP contribution < -0.4 is 5.32 Å². The molecule has 2 amide bonds. The number of rotatable bonds is 6. The van der Waals surface area contributed by atoms with Crippen molar-refractivity contribution in [2.45, 2.75) is 39.2 Å². The van der Waals surface area contributed by atoms with E-state index in [0.29, 0.717) is 19.6 Å². The predicted octanol–water partition coefficient (Wildman–Crippen LogP) is 0.977. The summed E-state index contributed by atoms with van der Waals surface area (Å²) in [6, 6.07) is 0.254. The fourth-order valence-electron chi connectivity index (χ4n) is 2.19. The molecular weight excluding hydrogens is 246 g/mol. The molecule has 110 valence electrons. The number of carbonyl (C=O) groups is 2. The fourth-order valence-corrected chi connectivity index (χ4v) is 2.19. The number of nitrogens with zero attached hydrogens (tertiary/aromatic N) is 2. The van der Waals surface area contributed by atoms with Gasteiger partial charge in [-0.3, -0.25) is 9.69 Å². The summed E-state index contributed by atoms with van der Waals surface area (Å²) >= 11 is 0. The number of piperazine rings is 1. The molecule has 0 bridgehead atoms. The first-order chi connectivity index (χ1) is 9.06. The molecule has 2 N–H and O–H groups in total. The quantitative estimate of drug-likeness (QED) is 0.755. The number of nitrogens with one attached hydrogen (secondary N) is 1. The smallest absolute Gasteiger partial charge is 0.317 e. The highest BCUT2D eigenvalue weighted by molar-refractivity contribution is 5.74. The van der Waals surface area contributed by atoms with Crippen molar-refractivity contribution in [2.75, 3.05) is 32.7 Å². The summed E-state index contributed by atoms with van der Waals surface area (Å²) in [4.78, 5) is 26.4. The lowest BCUT2D eigenvalue weighted by atomic mass is 10.2. The third-order valence-corrected chi connectivity index (χ3v) is 3.61. The molecule has 1 saturated heterocycles. The van der Waals surface area contributed by atoms with Crippen molar-refractivity contribution in [3.05, 3.63) is 0 Å². The number of amides is 2. The van der Waals surface area contributed by atoms with Crippen LogP contribution in [0, 0.1) is 0 Å². The lowest BCUT2D eigenvalue weighted by Crippen LogP contribution is -2.53. The van der Waals surface area contributed by atoms with Gasteiger partial charge in [-0.15, -0.1) is 0 Å². The largest absolute Gasteiger partial charge is 0.481 e. The Labute approximate surface area is 114 Å². The van der Waals surface area contributed by atoms with Gasteiger partial charge in [0.1, 0.15) is 0 Å². The van der Waals surface area contributed by atoms with Gasteiger partial charge in [0.15, 0.2) is 0 Å². The molecule has 19 heavy (non-hydrogen) atoms. The molecule has 0 radical (unpaired) electrons. The second-order valence-electron chi connectivity index (χ2n) is 4.94. The van der Waals surface area contributed by atoms with E-state index in [1.54, 1.807) is 0 Å². The maximum Gasteiger partial charge on any atom is 0.317 e. The van der Waals surface area contributed by atoms with Gasteiger partial charge in [-0.2, -0.15) is 0 Å². The average Bonchev–Trinajstić information content (AvgIpc) is 2.42. The van der Waals surface area contributed by atoms with Crippen LogP contribution in [0.4, 0.5) is 4.79 Å².